The van der Waals surface area contributed by atoms with Crippen molar-refractivity contribution < 1.29 is 19.5 Å². The molecule has 0 fully saturated rings. The van der Waals surface area contributed by atoms with Gasteiger partial charge in [-0.3, -0.25) is 19.8 Å². The average Bonchev–Trinajstić information content (AvgIpc) is 2.96. The van der Waals surface area contributed by atoms with Gasteiger partial charge >= 0.3 is 6.03 Å². The van der Waals surface area contributed by atoms with E-state index >= 15 is 0 Å². The van der Waals surface area contributed by atoms with Crippen LogP contribution in [0.15, 0.2) is 73.1 Å². The number of aromatic nitrogens is 2. The fourth-order valence-corrected chi connectivity index (χ4v) is 4.17. The minimum Gasteiger partial charge on any atom is -0.373 e. The molecule has 12 nitrogen and oxygen atoms in total. The molecule has 3 amide bonds. The molecule has 12 heteroatoms. The number of rotatable bonds is 11. The first-order chi connectivity index (χ1) is 19.7. The highest BCUT2D eigenvalue weighted by atomic mass is 16.3. The van der Waals surface area contributed by atoms with Gasteiger partial charge in [0.05, 0.1) is 12.2 Å². The van der Waals surface area contributed by atoms with Crippen LogP contribution in [0.25, 0.3) is 5.70 Å². The topological polar surface area (TPSA) is 175 Å². The molecule has 0 saturated carbocycles. The van der Waals surface area contributed by atoms with E-state index in [0.29, 0.717) is 29.2 Å². The Hall–Kier alpha value is -5.23. The van der Waals surface area contributed by atoms with Crippen LogP contribution in [0.1, 0.15) is 30.0 Å². The number of anilines is 4. The largest absolute Gasteiger partial charge is 0.373 e. The molecular formula is C29H32N8O4. The lowest BCUT2D eigenvalue weighted by Gasteiger charge is -2.30. The van der Waals surface area contributed by atoms with Gasteiger partial charge in [-0.1, -0.05) is 42.5 Å². The third-order valence-electron chi connectivity index (χ3n) is 6.30. The number of aryl methyl sites for hydroxylation is 1. The molecule has 7 N–H and O–H groups in total. The van der Waals surface area contributed by atoms with Crippen LogP contribution in [0.5, 0.6) is 0 Å². The quantitative estimate of drug-likeness (QED) is 0.118. The maximum absolute atomic E-state index is 12.8. The van der Waals surface area contributed by atoms with E-state index in [0.717, 1.165) is 16.7 Å². The van der Waals surface area contributed by atoms with E-state index < -0.39 is 12.3 Å². The minimum absolute atomic E-state index is 0.0811. The molecule has 4 rings (SSSR count). The number of nitrogens with two attached hydrogens (primary N) is 1. The van der Waals surface area contributed by atoms with Crippen molar-refractivity contribution in [1.82, 2.24) is 20.6 Å². The predicted molar refractivity (Wildman–Crippen MR) is 157 cm³/mol. The number of amides is 3. The summed E-state index contributed by atoms with van der Waals surface area (Å²) in [5, 5.41) is 22.0. The highest BCUT2D eigenvalue weighted by Gasteiger charge is 2.26. The van der Waals surface area contributed by atoms with Crippen molar-refractivity contribution in [3.05, 3.63) is 89.8 Å². The lowest BCUT2D eigenvalue weighted by Crippen LogP contribution is -2.39. The average molecular weight is 557 g/mol. The lowest BCUT2D eigenvalue weighted by molar-refractivity contribution is -0.121. The van der Waals surface area contributed by atoms with Crippen molar-refractivity contribution in [1.29, 1.82) is 0 Å². The number of urea groups is 1. The fraction of sp³-hybridized carbons (Fsp3) is 0.207. The second kappa shape index (κ2) is 13.2. The van der Waals surface area contributed by atoms with E-state index in [4.69, 9.17) is 5.73 Å². The van der Waals surface area contributed by atoms with Crippen LogP contribution in [-0.2, 0) is 16.1 Å². The Morgan fingerprint density at radius 1 is 1.24 bits per heavy atom. The predicted octanol–water partition coefficient (Wildman–Crippen LogP) is 2.89. The summed E-state index contributed by atoms with van der Waals surface area (Å²) < 4.78 is 0. The number of aldehydes is 1. The molecule has 3 aromatic rings. The summed E-state index contributed by atoms with van der Waals surface area (Å²) in [6, 6.07) is 13.7. The number of nitrogens with one attached hydrogen (secondary N) is 4. The number of nitrogens with zero attached hydrogens (tertiary/aromatic N) is 3. The molecule has 2 aromatic carbocycles. The second-order valence-electron chi connectivity index (χ2n) is 9.37. The van der Waals surface area contributed by atoms with E-state index in [-0.39, 0.29) is 30.9 Å². The summed E-state index contributed by atoms with van der Waals surface area (Å²) in [6.07, 6.45) is 5.94. The smallest absolute Gasteiger partial charge is 0.327 e. The van der Waals surface area contributed by atoms with Gasteiger partial charge in [-0.25, -0.2) is 9.78 Å². The van der Waals surface area contributed by atoms with E-state index in [9.17, 15) is 19.5 Å². The normalized spacial score (nSPS) is 14.6. The van der Waals surface area contributed by atoms with E-state index in [1.165, 1.54) is 12.3 Å². The third-order valence-corrected chi connectivity index (χ3v) is 6.30. The first-order valence-corrected chi connectivity index (χ1v) is 12.9. The van der Waals surface area contributed by atoms with Crippen LogP contribution < -0.4 is 31.9 Å². The lowest BCUT2D eigenvalue weighted by atomic mass is 10.1. The number of hydrogen-bond donors (Lipinski definition) is 6. The third kappa shape index (κ3) is 7.46. The molecule has 212 valence electrons. The molecule has 0 radical (unpaired) electrons. The van der Waals surface area contributed by atoms with Crippen LogP contribution in [0.2, 0.25) is 0 Å². The van der Waals surface area contributed by atoms with Crippen LogP contribution in [0, 0.1) is 6.92 Å². The van der Waals surface area contributed by atoms with Gasteiger partial charge < -0.3 is 26.8 Å². The summed E-state index contributed by atoms with van der Waals surface area (Å²) in [7, 11) is 0. The van der Waals surface area contributed by atoms with Crippen molar-refractivity contribution in [2.75, 3.05) is 21.3 Å². The highest BCUT2D eigenvalue weighted by molar-refractivity contribution is 6.04. The molecule has 0 bridgehead atoms. The molecule has 1 aliphatic rings. The van der Waals surface area contributed by atoms with Crippen LogP contribution in [0.3, 0.4) is 0 Å². The van der Waals surface area contributed by atoms with Gasteiger partial charge in [0.2, 0.25) is 11.9 Å². The number of carbonyl (C=O) groups is 3. The van der Waals surface area contributed by atoms with Gasteiger partial charge in [-0.2, -0.15) is 4.98 Å². The van der Waals surface area contributed by atoms with Crippen molar-refractivity contribution in [3.8, 4) is 0 Å². The molecular weight excluding hydrogens is 524 g/mol. The second-order valence-corrected chi connectivity index (χ2v) is 9.37. The van der Waals surface area contributed by atoms with Crippen molar-refractivity contribution in [3.63, 3.8) is 0 Å². The van der Waals surface area contributed by atoms with Crippen LogP contribution in [0.4, 0.5) is 27.9 Å². The van der Waals surface area contributed by atoms with Crippen molar-refractivity contribution >= 4 is 47.1 Å². The number of fused-ring (bicyclic) bond motifs is 1. The SMILES string of the molecule is Cc1ccc(NC(O)C/C=C/NC(=O)[C@H](C)NC(=CC=O)c2ccccc2)cc1N1Cc2cnc(N)nc2NC1=O. The first-order valence-electron chi connectivity index (χ1n) is 12.9. The minimum atomic E-state index is -0.957. The summed E-state index contributed by atoms with van der Waals surface area (Å²) in [5.41, 5.74) is 9.80. The molecule has 1 aromatic heterocycles. The monoisotopic (exact) mass is 556 g/mol. The Morgan fingerprint density at radius 3 is 2.78 bits per heavy atom. The summed E-state index contributed by atoms with van der Waals surface area (Å²) in [4.78, 5) is 46.0. The Kier molecular flexibility index (Phi) is 9.28. The number of carbonyl (C=O) groups excluding carboxylic acids is 3. The Morgan fingerprint density at radius 2 is 2.02 bits per heavy atom. The maximum atomic E-state index is 12.8. The number of hydrogen-bond acceptors (Lipinski definition) is 9. The molecule has 41 heavy (non-hydrogen) atoms. The summed E-state index contributed by atoms with van der Waals surface area (Å²) >= 11 is 0. The zero-order valence-corrected chi connectivity index (χ0v) is 22.7. The molecule has 0 aliphatic carbocycles. The summed E-state index contributed by atoms with van der Waals surface area (Å²) in [5.74, 6) is 0.158. The number of nitrogen functional groups attached to an aromatic ring is 1. The van der Waals surface area contributed by atoms with Gasteiger partial charge in [-0.15, -0.1) is 0 Å². The summed E-state index contributed by atoms with van der Waals surface area (Å²) in [6.45, 7) is 3.83. The zero-order valence-electron chi connectivity index (χ0n) is 22.7. The molecule has 2 heterocycles. The standard InChI is InChI=1S/C29H32N8O4/c1-18-10-11-22(15-24(18)37-17-21-16-32-28(30)35-26(21)36-29(37)41)34-25(39)9-6-13-31-27(40)19(2)33-23(12-14-38)20-7-4-3-5-8-20/h3-8,10-16,19,25,33-34,39H,9,17H2,1-2H3,(H,31,40)(H3,30,32,35,36,41)/b13-6+,23-12?/t19-,25?/m0/s1. The van der Waals surface area contributed by atoms with Gasteiger partial charge in [0.25, 0.3) is 0 Å². The van der Waals surface area contributed by atoms with Gasteiger partial charge in [0.15, 0.2) is 0 Å². The molecule has 0 spiro atoms. The van der Waals surface area contributed by atoms with Gasteiger partial charge in [0, 0.05) is 35.6 Å². The fourth-order valence-electron chi connectivity index (χ4n) is 4.17. The van der Waals surface area contributed by atoms with E-state index in [1.807, 2.05) is 43.3 Å². The highest BCUT2D eigenvalue weighted by Crippen LogP contribution is 2.30. The maximum Gasteiger partial charge on any atom is 0.327 e. The van der Waals surface area contributed by atoms with Crippen LogP contribution >= 0.6 is 0 Å². The van der Waals surface area contributed by atoms with Crippen LogP contribution in [-0.4, -0.2) is 45.6 Å². The zero-order chi connectivity index (χ0) is 29.4. The molecule has 1 aliphatic heterocycles. The van der Waals surface area contributed by atoms with Gasteiger partial charge in [-0.05, 0) is 43.3 Å². The number of benzene rings is 2. The Labute approximate surface area is 237 Å². The van der Waals surface area contributed by atoms with E-state index in [2.05, 4.69) is 31.2 Å². The first kappa shape index (κ1) is 28.8. The Bertz CT molecular complexity index is 1470. The van der Waals surface area contributed by atoms with Crippen molar-refractivity contribution in [2.24, 2.45) is 0 Å². The molecule has 0 saturated heterocycles. The van der Waals surface area contributed by atoms with E-state index in [1.54, 1.807) is 36.2 Å². The number of aliphatic hydroxyl groups is 1. The van der Waals surface area contributed by atoms with Crippen molar-refractivity contribution in [2.45, 2.75) is 39.1 Å². The number of allylic oxidation sites excluding steroid dienone is 1. The van der Waals surface area contributed by atoms with Gasteiger partial charge in [0.1, 0.15) is 24.4 Å². The Balaban J connectivity index is 1.30. The molecule has 2 atom stereocenters. The molecule has 1 unspecified atom stereocenters. The number of aliphatic hydroxyl groups excluding tert-OH is 1.